The van der Waals surface area contributed by atoms with E-state index in [0.717, 1.165) is 4.31 Å². The molecule has 13 heavy (non-hydrogen) atoms. The number of nitrogens with zero attached hydrogens (tertiary/aromatic N) is 1. The molecular weight excluding hydrogens is 196 g/mol. The minimum absolute atomic E-state index is 0.278. The topological polar surface area (TPSA) is 86.7 Å². The molecule has 1 aliphatic heterocycles. The number of rotatable bonds is 3. The van der Waals surface area contributed by atoms with Crippen molar-refractivity contribution in [1.29, 1.82) is 0 Å². The van der Waals surface area contributed by atoms with Crippen LogP contribution in [-0.4, -0.2) is 43.4 Å². The van der Waals surface area contributed by atoms with Crippen molar-refractivity contribution in [1.82, 2.24) is 9.03 Å². The van der Waals surface area contributed by atoms with Gasteiger partial charge in [0.25, 0.3) is 10.2 Å². The zero-order valence-electron chi connectivity index (χ0n) is 7.23. The largest absolute Gasteiger partial charge is 0.480 e. The molecule has 2 N–H and O–H groups in total. The first-order valence-corrected chi connectivity index (χ1v) is 5.36. The van der Waals surface area contributed by atoms with Gasteiger partial charge in [0.15, 0.2) is 0 Å². The quantitative estimate of drug-likeness (QED) is 0.622. The monoisotopic (exact) mass is 208 g/mol. The minimum Gasteiger partial charge on any atom is -0.480 e. The van der Waals surface area contributed by atoms with Crippen LogP contribution in [0.5, 0.6) is 0 Å². The molecule has 1 atom stereocenters. The molecule has 0 radical (unpaired) electrons. The molecule has 1 aliphatic rings. The Labute approximate surface area is 76.7 Å². The summed E-state index contributed by atoms with van der Waals surface area (Å²) in [6, 6.07) is -0.905. The van der Waals surface area contributed by atoms with Gasteiger partial charge >= 0.3 is 5.97 Å². The number of aliphatic carboxylic acids is 1. The number of carbonyl (C=O) groups is 1. The molecule has 0 aliphatic carbocycles. The highest BCUT2D eigenvalue weighted by Gasteiger charge is 2.37. The lowest BCUT2D eigenvalue weighted by molar-refractivity contribution is -0.140. The zero-order chi connectivity index (χ0) is 10.1. The molecule has 0 bridgehead atoms. The normalized spacial score (nSPS) is 24.8. The average molecular weight is 208 g/mol. The molecule has 1 saturated heterocycles. The summed E-state index contributed by atoms with van der Waals surface area (Å²) in [7, 11) is -2.32. The van der Waals surface area contributed by atoms with E-state index in [9.17, 15) is 13.2 Å². The summed E-state index contributed by atoms with van der Waals surface area (Å²) in [5, 5.41) is 8.71. The first-order chi connectivity index (χ1) is 5.99. The second-order valence-corrected chi connectivity index (χ2v) is 4.64. The van der Waals surface area contributed by atoms with Crippen LogP contribution in [0.1, 0.15) is 12.8 Å². The van der Waals surface area contributed by atoms with Crippen molar-refractivity contribution in [3.63, 3.8) is 0 Å². The van der Waals surface area contributed by atoms with Crippen molar-refractivity contribution >= 4 is 16.2 Å². The van der Waals surface area contributed by atoms with E-state index < -0.39 is 22.2 Å². The number of carboxylic acids is 1. The van der Waals surface area contributed by atoms with Gasteiger partial charge in [-0.3, -0.25) is 4.79 Å². The van der Waals surface area contributed by atoms with E-state index in [1.54, 1.807) is 0 Å². The molecule has 0 unspecified atom stereocenters. The van der Waals surface area contributed by atoms with Gasteiger partial charge in [-0.05, 0) is 12.8 Å². The zero-order valence-corrected chi connectivity index (χ0v) is 8.04. The SMILES string of the molecule is CNS(=O)(=O)N1CCC[C@@H]1C(=O)O. The Balaban J connectivity index is 2.86. The van der Waals surface area contributed by atoms with Crippen LogP contribution in [-0.2, 0) is 15.0 Å². The first-order valence-electron chi connectivity index (χ1n) is 3.92. The Hall–Kier alpha value is -0.660. The Morgan fingerprint density at radius 1 is 1.62 bits per heavy atom. The van der Waals surface area contributed by atoms with Gasteiger partial charge in [-0.25, -0.2) is 4.72 Å². The van der Waals surface area contributed by atoms with Crippen molar-refractivity contribution < 1.29 is 18.3 Å². The number of carboxylic acid groups (broad SMARTS) is 1. The lowest BCUT2D eigenvalue weighted by Gasteiger charge is -2.19. The van der Waals surface area contributed by atoms with Crippen molar-refractivity contribution in [2.24, 2.45) is 0 Å². The third-order valence-electron chi connectivity index (χ3n) is 2.06. The van der Waals surface area contributed by atoms with Gasteiger partial charge in [0.1, 0.15) is 6.04 Å². The predicted octanol–water partition coefficient (Wildman–Crippen LogP) is -1.00. The lowest BCUT2D eigenvalue weighted by atomic mass is 10.2. The number of hydrogen-bond acceptors (Lipinski definition) is 3. The smallest absolute Gasteiger partial charge is 0.322 e. The molecule has 0 aromatic heterocycles. The summed E-state index contributed by atoms with van der Waals surface area (Å²) < 4.78 is 25.6. The fraction of sp³-hybridized carbons (Fsp3) is 0.833. The van der Waals surface area contributed by atoms with Crippen molar-refractivity contribution in [3.05, 3.63) is 0 Å². The molecule has 1 heterocycles. The molecule has 6 nitrogen and oxygen atoms in total. The maximum Gasteiger partial charge on any atom is 0.322 e. The summed E-state index contributed by atoms with van der Waals surface area (Å²) in [4.78, 5) is 10.6. The van der Waals surface area contributed by atoms with Gasteiger partial charge in [-0.15, -0.1) is 0 Å². The van der Waals surface area contributed by atoms with Crippen LogP contribution in [0, 0.1) is 0 Å². The predicted molar refractivity (Wildman–Crippen MR) is 45.3 cm³/mol. The fourth-order valence-electron chi connectivity index (χ4n) is 1.39. The summed E-state index contributed by atoms with van der Waals surface area (Å²) in [6.07, 6.45) is 0.980. The van der Waals surface area contributed by atoms with Crippen molar-refractivity contribution in [2.75, 3.05) is 13.6 Å². The summed E-state index contributed by atoms with van der Waals surface area (Å²) >= 11 is 0. The highest BCUT2D eigenvalue weighted by atomic mass is 32.2. The third kappa shape index (κ3) is 1.98. The molecule has 1 fully saturated rings. The minimum atomic E-state index is -3.59. The van der Waals surface area contributed by atoms with E-state index in [0.29, 0.717) is 12.8 Å². The van der Waals surface area contributed by atoms with Crippen LogP contribution in [0.15, 0.2) is 0 Å². The van der Waals surface area contributed by atoms with Gasteiger partial charge in [-0.1, -0.05) is 0 Å². The fourth-order valence-corrected chi connectivity index (χ4v) is 2.53. The Morgan fingerprint density at radius 2 is 2.23 bits per heavy atom. The van der Waals surface area contributed by atoms with E-state index in [4.69, 9.17) is 5.11 Å². The first kappa shape index (κ1) is 10.4. The second kappa shape index (κ2) is 3.60. The van der Waals surface area contributed by atoms with Gasteiger partial charge < -0.3 is 5.11 Å². The molecule has 0 aromatic carbocycles. The number of nitrogens with one attached hydrogen (secondary N) is 1. The van der Waals surface area contributed by atoms with E-state index in [2.05, 4.69) is 4.72 Å². The van der Waals surface area contributed by atoms with Crippen molar-refractivity contribution in [3.8, 4) is 0 Å². The van der Waals surface area contributed by atoms with Crippen LogP contribution in [0.3, 0.4) is 0 Å². The summed E-state index contributed by atoms with van der Waals surface area (Å²) in [5.41, 5.74) is 0. The highest BCUT2D eigenvalue weighted by molar-refractivity contribution is 7.87. The van der Waals surface area contributed by atoms with Crippen LogP contribution in [0.25, 0.3) is 0 Å². The van der Waals surface area contributed by atoms with Gasteiger partial charge in [0.2, 0.25) is 0 Å². The highest BCUT2D eigenvalue weighted by Crippen LogP contribution is 2.19. The van der Waals surface area contributed by atoms with E-state index in [1.807, 2.05) is 0 Å². The van der Waals surface area contributed by atoms with E-state index >= 15 is 0 Å². The van der Waals surface area contributed by atoms with Gasteiger partial charge in [-0.2, -0.15) is 12.7 Å². The Kier molecular flexibility index (Phi) is 2.89. The Bertz CT molecular complexity index is 300. The molecule has 0 amide bonds. The van der Waals surface area contributed by atoms with Crippen LogP contribution >= 0.6 is 0 Å². The molecule has 0 saturated carbocycles. The standard InChI is InChI=1S/C6H12N2O4S/c1-7-13(11,12)8-4-2-3-5(8)6(9)10/h5,7H,2-4H2,1H3,(H,9,10)/t5-/m1/s1. The second-order valence-electron chi connectivity index (χ2n) is 2.82. The van der Waals surface area contributed by atoms with Crippen LogP contribution in [0.4, 0.5) is 0 Å². The summed E-state index contributed by atoms with van der Waals surface area (Å²) in [6.45, 7) is 0.278. The van der Waals surface area contributed by atoms with E-state index in [1.165, 1.54) is 7.05 Å². The molecule has 1 rings (SSSR count). The van der Waals surface area contributed by atoms with E-state index in [-0.39, 0.29) is 6.54 Å². The maximum atomic E-state index is 11.3. The van der Waals surface area contributed by atoms with Crippen LogP contribution < -0.4 is 4.72 Å². The number of hydrogen-bond donors (Lipinski definition) is 2. The molecule has 0 spiro atoms. The molecule has 76 valence electrons. The molecule has 0 aromatic rings. The Morgan fingerprint density at radius 3 is 2.69 bits per heavy atom. The van der Waals surface area contributed by atoms with Crippen molar-refractivity contribution in [2.45, 2.75) is 18.9 Å². The van der Waals surface area contributed by atoms with Crippen LogP contribution in [0.2, 0.25) is 0 Å². The van der Waals surface area contributed by atoms with Gasteiger partial charge in [0.05, 0.1) is 0 Å². The summed E-state index contributed by atoms with van der Waals surface area (Å²) in [5.74, 6) is -1.09. The molecular formula is C6H12N2O4S. The third-order valence-corrected chi connectivity index (χ3v) is 3.63. The maximum absolute atomic E-state index is 11.3. The van der Waals surface area contributed by atoms with Gasteiger partial charge in [0, 0.05) is 13.6 Å². The average Bonchev–Trinajstić information content (AvgIpc) is 2.52. The lowest BCUT2D eigenvalue weighted by Crippen LogP contribution is -2.45. The molecule has 7 heteroatoms.